The highest BCUT2D eigenvalue weighted by atomic mass is 16.3. The monoisotopic (exact) mass is 588 g/mol. The SMILES string of the molecule is [2H]c1c([2H])c([2H])c(-c2ccccc2-c2c3ccccc3c(-c3c([2H])c([2H])c4c(oc5c(-c6c([2H])c([2H])c([2H])c([2H])c6[2H])c([2H])c([2H])c([2H])c54)c3[2H])c3ccccc23)c([2H])c1[2H]. The molecule has 0 bridgehead atoms. The van der Waals surface area contributed by atoms with Crippen molar-refractivity contribution in [2.75, 3.05) is 0 Å². The van der Waals surface area contributed by atoms with Gasteiger partial charge in [-0.2, -0.15) is 0 Å². The molecule has 0 N–H and O–H groups in total. The van der Waals surface area contributed by atoms with Gasteiger partial charge in [-0.05, 0) is 72.6 Å². The van der Waals surface area contributed by atoms with Gasteiger partial charge in [0.25, 0.3) is 0 Å². The number of rotatable bonds is 4. The van der Waals surface area contributed by atoms with Gasteiger partial charge in [-0.15, -0.1) is 0 Å². The van der Waals surface area contributed by atoms with Gasteiger partial charge in [-0.25, -0.2) is 0 Å². The molecule has 0 fully saturated rings. The third kappa shape index (κ3) is 4.09. The maximum atomic E-state index is 9.70. The molecular weight excluding hydrogens is 544 g/mol. The molecule has 8 aromatic carbocycles. The fourth-order valence-electron chi connectivity index (χ4n) is 6.08. The Balaban J connectivity index is 1.41. The fraction of sp³-hybridized carbons (Fsp3) is 0. The third-order valence-electron chi connectivity index (χ3n) is 7.96. The largest absolute Gasteiger partial charge is 0.455 e. The first-order chi connectivity index (χ1) is 29.0. The van der Waals surface area contributed by atoms with Gasteiger partial charge in [0, 0.05) is 16.3 Å². The number of furan rings is 1. The van der Waals surface area contributed by atoms with Crippen LogP contribution in [0.15, 0.2) is 174 Å². The van der Waals surface area contributed by atoms with Gasteiger partial charge in [0.1, 0.15) is 11.2 Å². The first-order valence-corrected chi connectivity index (χ1v) is 14.1. The Labute approximate surface area is 284 Å². The summed E-state index contributed by atoms with van der Waals surface area (Å²) in [6, 6.07) is 12.5. The molecular formula is C44H28O. The average molecular weight is 589 g/mol. The molecule has 0 saturated heterocycles. The topological polar surface area (TPSA) is 13.1 Å². The van der Waals surface area contributed by atoms with E-state index in [1.807, 2.05) is 12.1 Å². The van der Waals surface area contributed by atoms with E-state index in [1.54, 1.807) is 60.7 Å². The molecule has 0 atom stereocenters. The van der Waals surface area contributed by atoms with E-state index < -0.39 is 84.1 Å². The van der Waals surface area contributed by atoms with Crippen LogP contribution in [0.2, 0.25) is 0 Å². The van der Waals surface area contributed by atoms with Crippen LogP contribution in [0.5, 0.6) is 0 Å². The highest BCUT2D eigenvalue weighted by molar-refractivity contribution is 6.23. The second-order valence-electron chi connectivity index (χ2n) is 10.4. The Bertz CT molecular complexity index is 3330. The highest BCUT2D eigenvalue weighted by Gasteiger charge is 2.20. The zero-order valence-corrected chi connectivity index (χ0v) is 23.3. The van der Waals surface area contributed by atoms with Crippen molar-refractivity contribution < 1.29 is 26.3 Å². The molecule has 9 aromatic rings. The van der Waals surface area contributed by atoms with Crippen molar-refractivity contribution in [1.82, 2.24) is 0 Å². The lowest BCUT2D eigenvalue weighted by Gasteiger charge is -2.19. The van der Waals surface area contributed by atoms with Crippen LogP contribution in [-0.4, -0.2) is 0 Å². The van der Waals surface area contributed by atoms with E-state index in [2.05, 4.69) is 0 Å². The van der Waals surface area contributed by atoms with Crippen LogP contribution >= 0.6 is 0 Å². The summed E-state index contributed by atoms with van der Waals surface area (Å²) in [5, 5.41) is 1.89. The molecule has 0 aliphatic carbocycles. The molecule has 0 amide bonds. The molecule has 0 saturated carbocycles. The van der Waals surface area contributed by atoms with Gasteiger partial charge in [-0.3, -0.25) is 0 Å². The number of benzene rings is 8. The van der Waals surface area contributed by atoms with Gasteiger partial charge in [0.05, 0.1) is 21.9 Å². The minimum absolute atomic E-state index is 0.0123. The molecule has 1 aromatic heterocycles. The predicted octanol–water partition coefficient (Wildman–Crippen LogP) is 12.6. The van der Waals surface area contributed by atoms with Crippen molar-refractivity contribution in [3.63, 3.8) is 0 Å². The predicted molar refractivity (Wildman–Crippen MR) is 190 cm³/mol. The quantitative estimate of drug-likeness (QED) is 0.186. The molecule has 1 nitrogen and oxygen atoms in total. The molecule has 1 heterocycles. The Kier molecular flexibility index (Phi) is 3.28. The third-order valence-corrected chi connectivity index (χ3v) is 7.96. The van der Waals surface area contributed by atoms with Gasteiger partial charge >= 0.3 is 0 Å². The maximum absolute atomic E-state index is 9.70. The lowest BCUT2D eigenvalue weighted by atomic mass is 9.84. The van der Waals surface area contributed by atoms with Crippen molar-refractivity contribution >= 4 is 43.5 Å². The van der Waals surface area contributed by atoms with Crippen molar-refractivity contribution in [2.45, 2.75) is 0 Å². The van der Waals surface area contributed by atoms with Crippen molar-refractivity contribution in [2.24, 2.45) is 0 Å². The highest BCUT2D eigenvalue weighted by Crippen LogP contribution is 2.47. The van der Waals surface area contributed by atoms with E-state index in [0.29, 0.717) is 43.8 Å². The number of para-hydroxylation sites is 1. The molecule has 210 valence electrons. The first kappa shape index (κ1) is 14.2. The van der Waals surface area contributed by atoms with E-state index in [0.717, 1.165) is 0 Å². The van der Waals surface area contributed by atoms with Crippen LogP contribution in [0.1, 0.15) is 21.9 Å². The number of fused-ring (bicyclic) bond motifs is 5. The maximum Gasteiger partial charge on any atom is 0.143 e. The fourth-order valence-corrected chi connectivity index (χ4v) is 6.08. The van der Waals surface area contributed by atoms with Gasteiger partial charge in [-0.1, -0.05) is 157 Å². The smallest absolute Gasteiger partial charge is 0.143 e. The lowest BCUT2D eigenvalue weighted by molar-refractivity contribution is 0.670. The van der Waals surface area contributed by atoms with E-state index in [4.69, 9.17) is 22.2 Å². The van der Waals surface area contributed by atoms with Crippen LogP contribution in [0.25, 0.3) is 88.0 Å². The Hall–Kier alpha value is -5.92. The van der Waals surface area contributed by atoms with Gasteiger partial charge < -0.3 is 4.42 Å². The Morgan fingerprint density at radius 2 is 0.933 bits per heavy atom. The minimum Gasteiger partial charge on any atom is -0.455 e. The van der Waals surface area contributed by atoms with E-state index in [1.165, 1.54) is 0 Å². The molecule has 0 radical (unpaired) electrons. The van der Waals surface area contributed by atoms with Crippen molar-refractivity contribution in [3.8, 4) is 44.5 Å². The Morgan fingerprint density at radius 1 is 0.378 bits per heavy atom. The summed E-state index contributed by atoms with van der Waals surface area (Å²) in [4.78, 5) is 0. The van der Waals surface area contributed by atoms with Crippen LogP contribution in [0, 0.1) is 0 Å². The van der Waals surface area contributed by atoms with E-state index in [9.17, 15) is 4.11 Å². The summed E-state index contributed by atoms with van der Waals surface area (Å²) in [5.41, 5.74) is 0.482. The number of hydrogen-bond acceptors (Lipinski definition) is 1. The van der Waals surface area contributed by atoms with Crippen LogP contribution in [0.3, 0.4) is 0 Å². The van der Waals surface area contributed by atoms with Crippen LogP contribution in [0.4, 0.5) is 0 Å². The normalized spacial score (nSPS) is 16.5. The van der Waals surface area contributed by atoms with Crippen molar-refractivity contribution in [1.29, 1.82) is 0 Å². The number of hydrogen-bond donors (Lipinski definition) is 0. The Morgan fingerprint density at radius 3 is 1.58 bits per heavy atom. The molecule has 45 heavy (non-hydrogen) atoms. The zero-order chi connectivity index (χ0) is 43.7. The second-order valence-corrected chi connectivity index (χ2v) is 10.4. The van der Waals surface area contributed by atoms with Gasteiger partial charge in [0.2, 0.25) is 0 Å². The summed E-state index contributed by atoms with van der Waals surface area (Å²) >= 11 is 0. The molecule has 9 rings (SSSR count). The summed E-state index contributed by atoms with van der Waals surface area (Å²) in [6.07, 6.45) is 0. The molecule has 0 spiro atoms. The first-order valence-electron chi connectivity index (χ1n) is 22.1. The summed E-state index contributed by atoms with van der Waals surface area (Å²) < 4.78 is 146. The van der Waals surface area contributed by atoms with Crippen LogP contribution in [-0.2, 0) is 0 Å². The summed E-state index contributed by atoms with van der Waals surface area (Å²) in [5.74, 6) is 0. The van der Waals surface area contributed by atoms with Crippen LogP contribution < -0.4 is 0 Å². The molecule has 0 aliphatic rings. The minimum atomic E-state index is -0.697. The van der Waals surface area contributed by atoms with Crippen molar-refractivity contribution in [3.05, 3.63) is 169 Å². The molecule has 0 unspecified atom stereocenters. The van der Waals surface area contributed by atoms with E-state index in [-0.39, 0.29) is 56.8 Å². The van der Waals surface area contributed by atoms with E-state index >= 15 is 0 Å². The molecule has 0 aliphatic heterocycles. The second kappa shape index (κ2) is 10.4. The zero-order valence-electron chi connectivity index (χ0n) is 39.3. The summed E-state index contributed by atoms with van der Waals surface area (Å²) in [6.45, 7) is 0. The standard InChI is InChI=1S/C44H28O/c1-3-14-29(15-4-1)32-18-7-8-19-35(32)43-38-22-11-9-20-36(38)42(37-21-10-12-23-39(37)43)31-26-27-34-40-25-13-24-33(30-16-5-2-6-17-30)44(40)45-41(34)28-31/h1-28H/i1D,2D,3D,4D,5D,6D,13D,14D,15D,16D,17D,24D,25D,26D,27D,28D. The average Bonchev–Trinajstić information content (AvgIpc) is 3.67. The van der Waals surface area contributed by atoms with Gasteiger partial charge in [0.15, 0.2) is 0 Å². The summed E-state index contributed by atoms with van der Waals surface area (Å²) in [7, 11) is 0. The molecule has 1 heteroatoms. The lowest BCUT2D eigenvalue weighted by Crippen LogP contribution is -1.92.